The highest BCUT2D eigenvalue weighted by molar-refractivity contribution is 6.30. The molecular weight excluding hydrogens is 319 g/mol. The lowest BCUT2D eigenvalue weighted by atomic mass is 10.2. The predicted octanol–water partition coefficient (Wildman–Crippen LogP) is 3.71. The minimum absolute atomic E-state index is 0.327. The number of carbonyl (C=O) groups is 1. The first-order valence-electron chi connectivity index (χ1n) is 6.97. The van der Waals surface area contributed by atoms with Crippen molar-refractivity contribution >= 4 is 23.7 Å². The third-order valence-electron chi connectivity index (χ3n) is 3.07. The van der Waals surface area contributed by atoms with Gasteiger partial charge < -0.3 is 4.74 Å². The molecule has 0 aliphatic rings. The van der Waals surface area contributed by atoms with E-state index < -0.39 is 12.0 Å². The van der Waals surface area contributed by atoms with Gasteiger partial charge in [-0.1, -0.05) is 23.7 Å². The van der Waals surface area contributed by atoms with Gasteiger partial charge >= 0.3 is 0 Å². The van der Waals surface area contributed by atoms with Crippen molar-refractivity contribution in [1.82, 2.24) is 5.43 Å². The van der Waals surface area contributed by atoms with E-state index in [0.29, 0.717) is 16.3 Å². The standard InChI is InChI=1S/C17H16ClFN2O2/c1-11-9-14(18)5-8-16(11)23-12(2)17(22)21-20-10-13-3-6-15(19)7-4-13/h3-10,12H,1-2H3,(H,21,22)/b20-10-. The molecule has 2 aromatic rings. The van der Waals surface area contributed by atoms with E-state index in [4.69, 9.17) is 16.3 Å². The summed E-state index contributed by atoms with van der Waals surface area (Å²) in [6.45, 7) is 3.47. The zero-order valence-electron chi connectivity index (χ0n) is 12.7. The topological polar surface area (TPSA) is 50.7 Å². The first-order valence-corrected chi connectivity index (χ1v) is 7.35. The summed E-state index contributed by atoms with van der Waals surface area (Å²) in [5.41, 5.74) is 3.90. The number of ether oxygens (including phenoxy) is 1. The summed E-state index contributed by atoms with van der Waals surface area (Å²) in [5.74, 6) is -0.135. The van der Waals surface area contributed by atoms with Crippen LogP contribution in [0.2, 0.25) is 5.02 Å². The Morgan fingerprint density at radius 3 is 2.65 bits per heavy atom. The van der Waals surface area contributed by atoms with Gasteiger partial charge in [0.05, 0.1) is 6.21 Å². The average molecular weight is 335 g/mol. The zero-order valence-corrected chi connectivity index (χ0v) is 13.5. The number of nitrogens with zero attached hydrogens (tertiary/aromatic N) is 1. The van der Waals surface area contributed by atoms with Crippen LogP contribution in [-0.4, -0.2) is 18.2 Å². The van der Waals surface area contributed by atoms with Gasteiger partial charge in [0.1, 0.15) is 11.6 Å². The molecule has 0 aromatic heterocycles. The van der Waals surface area contributed by atoms with Crippen LogP contribution < -0.4 is 10.2 Å². The van der Waals surface area contributed by atoms with Crippen molar-refractivity contribution in [2.75, 3.05) is 0 Å². The van der Waals surface area contributed by atoms with Crippen molar-refractivity contribution in [3.8, 4) is 5.75 Å². The van der Waals surface area contributed by atoms with Crippen molar-refractivity contribution in [3.05, 3.63) is 64.4 Å². The average Bonchev–Trinajstić information content (AvgIpc) is 2.51. The van der Waals surface area contributed by atoms with Crippen LogP contribution in [0.15, 0.2) is 47.6 Å². The number of benzene rings is 2. The van der Waals surface area contributed by atoms with Gasteiger partial charge in [0, 0.05) is 5.02 Å². The molecule has 0 saturated carbocycles. The fraction of sp³-hybridized carbons (Fsp3) is 0.176. The number of hydrogen-bond donors (Lipinski definition) is 1. The smallest absolute Gasteiger partial charge is 0.280 e. The first-order chi connectivity index (χ1) is 11.0. The van der Waals surface area contributed by atoms with Crippen LogP contribution in [0, 0.1) is 12.7 Å². The van der Waals surface area contributed by atoms with Crippen molar-refractivity contribution in [3.63, 3.8) is 0 Å². The van der Waals surface area contributed by atoms with Crippen LogP contribution in [-0.2, 0) is 4.79 Å². The minimum atomic E-state index is -0.722. The molecule has 2 rings (SSSR count). The van der Waals surface area contributed by atoms with Gasteiger partial charge in [-0.2, -0.15) is 5.10 Å². The van der Waals surface area contributed by atoms with Crippen molar-refractivity contribution in [1.29, 1.82) is 0 Å². The number of amides is 1. The van der Waals surface area contributed by atoms with Gasteiger partial charge in [0.2, 0.25) is 0 Å². The highest BCUT2D eigenvalue weighted by atomic mass is 35.5. The third-order valence-corrected chi connectivity index (χ3v) is 3.30. The molecule has 0 saturated heterocycles. The lowest BCUT2D eigenvalue weighted by Crippen LogP contribution is -2.33. The number of aryl methyl sites for hydroxylation is 1. The van der Waals surface area contributed by atoms with E-state index in [9.17, 15) is 9.18 Å². The van der Waals surface area contributed by atoms with E-state index in [1.165, 1.54) is 18.3 Å². The molecule has 0 heterocycles. The number of carbonyl (C=O) groups excluding carboxylic acids is 1. The summed E-state index contributed by atoms with van der Waals surface area (Å²) in [7, 11) is 0. The van der Waals surface area contributed by atoms with Crippen LogP contribution in [0.5, 0.6) is 5.75 Å². The highest BCUT2D eigenvalue weighted by Crippen LogP contribution is 2.22. The molecule has 4 nitrogen and oxygen atoms in total. The maximum atomic E-state index is 12.8. The summed E-state index contributed by atoms with van der Waals surface area (Å²) in [6, 6.07) is 10.9. The van der Waals surface area contributed by atoms with Gasteiger partial charge in [0.25, 0.3) is 5.91 Å². The van der Waals surface area contributed by atoms with Crippen LogP contribution in [0.3, 0.4) is 0 Å². The van der Waals surface area contributed by atoms with Crippen LogP contribution >= 0.6 is 11.6 Å². The van der Waals surface area contributed by atoms with E-state index in [1.807, 2.05) is 6.92 Å². The van der Waals surface area contributed by atoms with E-state index in [2.05, 4.69) is 10.5 Å². The normalized spacial score (nSPS) is 12.2. The fourth-order valence-corrected chi connectivity index (χ4v) is 2.03. The number of hydrazone groups is 1. The van der Waals surface area contributed by atoms with E-state index in [1.54, 1.807) is 37.3 Å². The van der Waals surface area contributed by atoms with E-state index >= 15 is 0 Å². The molecule has 0 spiro atoms. The molecule has 6 heteroatoms. The maximum Gasteiger partial charge on any atom is 0.280 e. The Morgan fingerprint density at radius 2 is 2.00 bits per heavy atom. The maximum absolute atomic E-state index is 12.8. The molecule has 0 aliphatic carbocycles. The molecule has 1 N–H and O–H groups in total. The van der Waals surface area contributed by atoms with Gasteiger partial charge in [-0.15, -0.1) is 0 Å². The van der Waals surface area contributed by atoms with Gasteiger partial charge in [-0.25, -0.2) is 9.82 Å². The molecule has 1 atom stereocenters. The molecule has 120 valence electrons. The van der Waals surface area contributed by atoms with Crippen molar-refractivity contribution < 1.29 is 13.9 Å². The second-order valence-corrected chi connectivity index (χ2v) is 5.39. The Kier molecular flexibility index (Phi) is 5.71. The Morgan fingerprint density at radius 1 is 1.30 bits per heavy atom. The van der Waals surface area contributed by atoms with E-state index in [0.717, 1.165) is 5.56 Å². The van der Waals surface area contributed by atoms with Crippen LogP contribution in [0.1, 0.15) is 18.1 Å². The molecule has 1 amide bonds. The highest BCUT2D eigenvalue weighted by Gasteiger charge is 2.15. The number of hydrogen-bond acceptors (Lipinski definition) is 3. The summed E-state index contributed by atoms with van der Waals surface area (Å²) >= 11 is 5.88. The quantitative estimate of drug-likeness (QED) is 0.669. The van der Waals surface area contributed by atoms with Crippen LogP contribution in [0.4, 0.5) is 4.39 Å². The monoisotopic (exact) mass is 334 g/mol. The lowest BCUT2D eigenvalue weighted by Gasteiger charge is -2.14. The minimum Gasteiger partial charge on any atom is -0.481 e. The molecule has 0 aliphatic heterocycles. The lowest BCUT2D eigenvalue weighted by molar-refractivity contribution is -0.127. The second-order valence-electron chi connectivity index (χ2n) is 4.96. The summed E-state index contributed by atoms with van der Waals surface area (Å²) in [5, 5.41) is 4.43. The number of halogens is 2. The Labute approximate surface area is 138 Å². The number of nitrogens with one attached hydrogen (secondary N) is 1. The molecule has 0 radical (unpaired) electrons. The summed E-state index contributed by atoms with van der Waals surface area (Å²) < 4.78 is 18.4. The van der Waals surface area contributed by atoms with E-state index in [-0.39, 0.29) is 5.82 Å². The number of rotatable bonds is 5. The summed E-state index contributed by atoms with van der Waals surface area (Å²) in [4.78, 5) is 11.9. The second kappa shape index (κ2) is 7.74. The third kappa shape index (κ3) is 5.07. The zero-order chi connectivity index (χ0) is 16.8. The van der Waals surface area contributed by atoms with Crippen LogP contribution in [0.25, 0.3) is 0 Å². The molecule has 2 aromatic carbocycles. The Balaban J connectivity index is 1.90. The SMILES string of the molecule is Cc1cc(Cl)ccc1OC(C)C(=O)N/N=C\c1ccc(F)cc1. The Hall–Kier alpha value is -2.40. The van der Waals surface area contributed by atoms with Crippen molar-refractivity contribution in [2.45, 2.75) is 20.0 Å². The molecule has 1 unspecified atom stereocenters. The molecule has 0 fully saturated rings. The van der Waals surface area contributed by atoms with Crippen molar-refractivity contribution in [2.24, 2.45) is 5.10 Å². The van der Waals surface area contributed by atoms with Gasteiger partial charge in [0.15, 0.2) is 6.10 Å². The Bertz CT molecular complexity index is 717. The molecular formula is C17H16ClFN2O2. The van der Waals surface area contributed by atoms with Gasteiger partial charge in [-0.3, -0.25) is 4.79 Å². The van der Waals surface area contributed by atoms with Gasteiger partial charge in [-0.05, 0) is 55.3 Å². The molecule has 23 heavy (non-hydrogen) atoms. The predicted molar refractivity (Wildman–Crippen MR) is 88.4 cm³/mol. The first kappa shape index (κ1) is 17.0. The summed E-state index contributed by atoms with van der Waals surface area (Å²) in [6.07, 6.45) is 0.706. The molecule has 0 bridgehead atoms. The fourth-order valence-electron chi connectivity index (χ4n) is 1.80. The largest absolute Gasteiger partial charge is 0.481 e.